The van der Waals surface area contributed by atoms with Crippen LogP contribution in [-0.4, -0.2) is 81.3 Å². The predicted octanol–water partition coefficient (Wildman–Crippen LogP) is 5.71. The molecule has 0 aliphatic carbocycles. The zero-order chi connectivity index (χ0) is 35.6. The van der Waals surface area contributed by atoms with E-state index in [0.717, 1.165) is 6.54 Å². The second-order valence-corrected chi connectivity index (χ2v) is 12.7. The molecule has 0 saturated carbocycles. The first-order valence-corrected chi connectivity index (χ1v) is 18.0. The van der Waals surface area contributed by atoms with Gasteiger partial charge in [-0.2, -0.15) is 19.4 Å². The highest BCUT2D eigenvalue weighted by atomic mass is 35.5. The molecule has 1 saturated heterocycles. The van der Waals surface area contributed by atoms with Gasteiger partial charge >= 0.3 is 14.1 Å². The molecule has 0 radical (unpaired) electrons. The Hall–Kier alpha value is -2.84. The van der Waals surface area contributed by atoms with Gasteiger partial charge in [0, 0.05) is 7.05 Å². The number of hydrogen-bond donors (Lipinski definition) is 5. The summed E-state index contributed by atoms with van der Waals surface area (Å²) in [6.45, 7) is 16.4. The van der Waals surface area contributed by atoms with Gasteiger partial charge in [0.15, 0.2) is 29.0 Å². The highest BCUT2D eigenvalue weighted by molar-refractivity contribution is 7.58. The molecule has 16 heteroatoms. The minimum absolute atomic E-state index is 0.0682. The van der Waals surface area contributed by atoms with Crippen molar-refractivity contribution in [1.82, 2.24) is 29.9 Å². The quantitative estimate of drug-likeness (QED) is 0.0881. The van der Waals surface area contributed by atoms with Crippen molar-refractivity contribution in [3.63, 3.8) is 0 Å². The number of nitrogen functional groups attached to an aromatic ring is 1. The fourth-order valence-corrected chi connectivity index (χ4v) is 5.81. The number of halogens is 1. The van der Waals surface area contributed by atoms with Gasteiger partial charge in [0.05, 0.1) is 23.9 Å². The number of anilines is 2. The standard InChI is InChI=1S/C23H32ClN7O6P.C3H9N.C3H8.C2H6/c1-13(2)35-22(32)14(3)30-38(33,37-15-8-6-5-7-9-15)34-11-16-10-17(24)21(36-16)31-12-27-18-19(26-4)28-23(25)29-20(18)31;1-3-4-2;1-3-2;1-2/h5-9,12-14,16-17,21,30,33H,10-11H2,1-4H3,(H3,25,26,28,29);4H,3H2,1-2H3;3H2,1-2H3;1-2H3/q+1;;;. The lowest BCUT2D eigenvalue weighted by Gasteiger charge is -2.22. The maximum absolute atomic E-state index is 12.4. The van der Waals surface area contributed by atoms with E-state index in [-0.39, 0.29) is 18.7 Å². The molecule has 0 spiro atoms. The van der Waals surface area contributed by atoms with Crippen molar-refractivity contribution in [2.75, 3.05) is 38.3 Å². The number of benzene rings is 1. The van der Waals surface area contributed by atoms with Crippen LogP contribution in [0.1, 0.15) is 74.5 Å². The molecular weight excluding hydrogens is 647 g/mol. The number of esters is 1. The Bertz CT molecular complexity index is 1310. The van der Waals surface area contributed by atoms with E-state index in [1.54, 1.807) is 63.0 Å². The van der Waals surface area contributed by atoms with Crippen LogP contribution in [0.2, 0.25) is 0 Å². The van der Waals surface area contributed by atoms with E-state index in [0.29, 0.717) is 29.2 Å². The number of imidazole rings is 1. The van der Waals surface area contributed by atoms with Gasteiger partial charge in [-0.3, -0.25) is 13.9 Å². The van der Waals surface area contributed by atoms with Crippen molar-refractivity contribution in [2.45, 2.75) is 98.1 Å². The number of para-hydroxylation sites is 1. The fraction of sp³-hybridized carbons (Fsp3) is 0.613. The van der Waals surface area contributed by atoms with Crippen molar-refractivity contribution in [2.24, 2.45) is 0 Å². The average Bonchev–Trinajstić information content (AvgIpc) is 3.63. The van der Waals surface area contributed by atoms with E-state index in [9.17, 15) is 9.69 Å². The van der Waals surface area contributed by atoms with E-state index in [1.807, 2.05) is 27.0 Å². The number of carbonyl (C=O) groups is 1. The summed E-state index contributed by atoms with van der Waals surface area (Å²) in [5, 5.41) is 8.19. The van der Waals surface area contributed by atoms with Crippen LogP contribution in [0.5, 0.6) is 5.75 Å². The Morgan fingerprint density at radius 3 is 2.34 bits per heavy atom. The first-order chi connectivity index (χ1) is 22.4. The third-order valence-electron chi connectivity index (χ3n) is 5.90. The number of nitrogens with one attached hydrogen (secondary N) is 3. The second kappa shape index (κ2) is 21.9. The third kappa shape index (κ3) is 13.7. The number of aromatic nitrogens is 4. The largest absolute Gasteiger partial charge is 0.544 e. The molecule has 5 unspecified atom stereocenters. The number of carbonyl (C=O) groups excluding carboxylic acids is 1. The van der Waals surface area contributed by atoms with Gasteiger partial charge in [0.2, 0.25) is 5.95 Å². The lowest BCUT2D eigenvalue weighted by atomic mass is 10.2. The number of fused-ring (bicyclic) bond motifs is 1. The van der Waals surface area contributed by atoms with E-state index in [2.05, 4.69) is 51.4 Å². The molecule has 1 aromatic carbocycles. The number of nitrogens with zero attached hydrogens (tertiary/aromatic N) is 4. The summed E-state index contributed by atoms with van der Waals surface area (Å²) in [5.41, 5.74) is 6.85. The number of alkyl halides is 1. The Balaban J connectivity index is 0.00000110. The molecule has 14 nitrogen and oxygen atoms in total. The summed E-state index contributed by atoms with van der Waals surface area (Å²) in [6.07, 6.45) is 1.77. The lowest BCUT2D eigenvalue weighted by Crippen LogP contribution is -2.39. The normalized spacial score (nSPS) is 18.8. The monoisotopic (exact) mass is 701 g/mol. The number of ether oxygens (including phenoxy) is 2. The SMILES string of the molecule is CC.CCC.CCNC.CNc1nc(N)nc2c1ncn2C1OC(CO[P+](O)(NC(C)C(=O)OC(C)C)Oc2ccccc2)CC1Cl. The Morgan fingerprint density at radius 1 is 1.17 bits per heavy atom. The molecule has 47 heavy (non-hydrogen) atoms. The molecule has 0 bridgehead atoms. The lowest BCUT2D eigenvalue weighted by molar-refractivity contribution is -0.149. The summed E-state index contributed by atoms with van der Waals surface area (Å²) in [5.74, 6) is 0.380. The van der Waals surface area contributed by atoms with Crippen LogP contribution in [0.15, 0.2) is 36.7 Å². The van der Waals surface area contributed by atoms with Gasteiger partial charge in [0.1, 0.15) is 12.6 Å². The van der Waals surface area contributed by atoms with E-state index < -0.39 is 37.8 Å². The molecule has 5 atom stereocenters. The van der Waals surface area contributed by atoms with Crippen LogP contribution in [-0.2, 0) is 18.8 Å². The molecule has 1 aliphatic heterocycles. The first kappa shape index (κ1) is 42.2. The smallest absolute Gasteiger partial charge is 0.462 e. The van der Waals surface area contributed by atoms with Crippen molar-refractivity contribution >= 4 is 48.6 Å². The van der Waals surface area contributed by atoms with Gasteiger partial charge in [-0.15, -0.1) is 11.6 Å². The van der Waals surface area contributed by atoms with Crippen molar-refractivity contribution in [3.05, 3.63) is 36.7 Å². The second-order valence-electron chi connectivity index (χ2n) is 10.4. The van der Waals surface area contributed by atoms with E-state index in [4.69, 9.17) is 35.9 Å². The Morgan fingerprint density at radius 2 is 1.79 bits per heavy atom. The van der Waals surface area contributed by atoms with Gasteiger partial charge < -0.3 is 25.8 Å². The molecule has 1 fully saturated rings. The Kier molecular flexibility index (Phi) is 19.7. The predicted molar refractivity (Wildman–Crippen MR) is 190 cm³/mol. The number of rotatable bonds is 12. The van der Waals surface area contributed by atoms with Crippen LogP contribution >= 0.6 is 19.7 Å². The zero-order valence-electron chi connectivity index (χ0n) is 29.4. The summed E-state index contributed by atoms with van der Waals surface area (Å²) in [4.78, 5) is 36.5. The molecule has 2 aromatic heterocycles. The maximum atomic E-state index is 12.4. The molecule has 3 heterocycles. The Labute approximate surface area is 285 Å². The molecule has 3 aromatic rings. The van der Waals surface area contributed by atoms with Crippen LogP contribution in [0, 0.1) is 0 Å². The van der Waals surface area contributed by atoms with Gasteiger partial charge in [-0.1, -0.05) is 64.3 Å². The fourth-order valence-electron chi connectivity index (χ4n) is 3.88. The van der Waals surface area contributed by atoms with E-state index >= 15 is 0 Å². The van der Waals surface area contributed by atoms with Crippen LogP contribution in [0.25, 0.3) is 11.2 Å². The van der Waals surface area contributed by atoms with E-state index in [1.165, 1.54) is 6.42 Å². The highest BCUT2D eigenvalue weighted by Crippen LogP contribution is 2.53. The summed E-state index contributed by atoms with van der Waals surface area (Å²) >= 11 is 6.65. The molecule has 1 aliphatic rings. The van der Waals surface area contributed by atoms with Crippen molar-refractivity contribution in [3.8, 4) is 5.75 Å². The van der Waals surface area contributed by atoms with Crippen LogP contribution in [0.4, 0.5) is 11.8 Å². The number of nitrogens with two attached hydrogens (primary N) is 1. The topological polar surface area (TPSA) is 180 Å². The first-order valence-electron chi connectivity index (χ1n) is 16.0. The average molecular weight is 702 g/mol. The molecule has 0 amide bonds. The van der Waals surface area contributed by atoms with Gasteiger partial charge in [-0.05, 0) is 52.9 Å². The zero-order valence-corrected chi connectivity index (χ0v) is 31.0. The van der Waals surface area contributed by atoms with Crippen molar-refractivity contribution in [1.29, 1.82) is 0 Å². The highest BCUT2D eigenvalue weighted by Gasteiger charge is 2.49. The van der Waals surface area contributed by atoms with Gasteiger partial charge in [0.25, 0.3) is 0 Å². The minimum atomic E-state index is -3.79. The van der Waals surface area contributed by atoms with Crippen LogP contribution in [0.3, 0.4) is 0 Å². The molecule has 6 N–H and O–H groups in total. The minimum Gasteiger partial charge on any atom is -0.462 e. The summed E-state index contributed by atoms with van der Waals surface area (Å²) in [7, 11) is -0.149. The molecule has 4 rings (SSSR count). The van der Waals surface area contributed by atoms with Gasteiger partial charge in [-0.25, -0.2) is 4.98 Å². The number of hydrogen-bond acceptors (Lipinski definition) is 13. The summed E-state index contributed by atoms with van der Waals surface area (Å²) < 4.78 is 24.7. The van der Waals surface area contributed by atoms with Crippen molar-refractivity contribution < 1.29 is 28.2 Å². The summed E-state index contributed by atoms with van der Waals surface area (Å²) in [6, 6.07) is 7.75. The molecule has 266 valence electrons. The van der Waals surface area contributed by atoms with Crippen LogP contribution < -0.4 is 26.0 Å². The molecular formula is C31H55ClN8O6P+. The third-order valence-corrected chi connectivity index (χ3v) is 7.97. The maximum Gasteiger partial charge on any atom is 0.544 e.